The first-order valence-electron chi connectivity index (χ1n) is 6.05. The van der Waals surface area contributed by atoms with Gasteiger partial charge in [0.1, 0.15) is 17.8 Å². The Hall–Kier alpha value is -2.63. The third-order valence-electron chi connectivity index (χ3n) is 2.93. The molecule has 1 heterocycles. The maximum atomic E-state index is 10.6. The van der Waals surface area contributed by atoms with E-state index in [0.717, 1.165) is 11.3 Å². The molecular formula is C14H15N3O3. The van der Waals surface area contributed by atoms with Crippen molar-refractivity contribution < 1.29 is 9.66 Å². The Morgan fingerprint density at radius 1 is 1.30 bits per heavy atom. The molecule has 1 aromatic heterocycles. The van der Waals surface area contributed by atoms with Crippen molar-refractivity contribution in [3.05, 3.63) is 58.3 Å². The minimum Gasteiger partial charge on any atom is -0.496 e. The van der Waals surface area contributed by atoms with E-state index in [4.69, 9.17) is 4.74 Å². The van der Waals surface area contributed by atoms with Crippen molar-refractivity contribution in [2.75, 3.05) is 19.1 Å². The summed E-state index contributed by atoms with van der Waals surface area (Å²) in [5.41, 5.74) is 1.01. The van der Waals surface area contributed by atoms with Gasteiger partial charge in [-0.1, -0.05) is 18.2 Å². The Balaban J connectivity index is 2.15. The van der Waals surface area contributed by atoms with Gasteiger partial charge < -0.3 is 9.64 Å². The summed E-state index contributed by atoms with van der Waals surface area (Å²) >= 11 is 0. The minimum absolute atomic E-state index is 0.0144. The molecule has 0 aliphatic rings. The topological polar surface area (TPSA) is 68.5 Å². The Kier molecular flexibility index (Phi) is 4.14. The molecule has 2 rings (SSSR count). The van der Waals surface area contributed by atoms with Crippen LogP contribution in [0.2, 0.25) is 0 Å². The highest BCUT2D eigenvalue weighted by Crippen LogP contribution is 2.21. The molecule has 6 heteroatoms. The van der Waals surface area contributed by atoms with Crippen molar-refractivity contribution in [3.8, 4) is 5.75 Å². The largest absolute Gasteiger partial charge is 0.496 e. The van der Waals surface area contributed by atoms with Crippen LogP contribution in [-0.4, -0.2) is 24.1 Å². The summed E-state index contributed by atoms with van der Waals surface area (Å²) in [6.07, 6.45) is 1.26. The first-order chi connectivity index (χ1) is 9.61. The number of rotatable bonds is 5. The lowest BCUT2D eigenvalue weighted by Crippen LogP contribution is -2.18. The number of benzene rings is 1. The van der Waals surface area contributed by atoms with Gasteiger partial charge in [0.05, 0.1) is 12.0 Å². The Morgan fingerprint density at radius 3 is 2.65 bits per heavy atom. The fourth-order valence-corrected chi connectivity index (χ4v) is 1.88. The van der Waals surface area contributed by atoms with Crippen molar-refractivity contribution in [2.45, 2.75) is 6.54 Å². The Morgan fingerprint density at radius 2 is 2.05 bits per heavy atom. The van der Waals surface area contributed by atoms with Crippen LogP contribution in [0.4, 0.5) is 11.5 Å². The summed E-state index contributed by atoms with van der Waals surface area (Å²) in [6.45, 7) is 0.606. The van der Waals surface area contributed by atoms with Gasteiger partial charge in [-0.25, -0.2) is 4.98 Å². The molecule has 0 aliphatic carbocycles. The zero-order valence-electron chi connectivity index (χ0n) is 11.3. The lowest BCUT2D eigenvalue weighted by molar-refractivity contribution is -0.385. The number of nitro groups is 1. The van der Waals surface area contributed by atoms with Crippen LogP contribution in [0.25, 0.3) is 0 Å². The van der Waals surface area contributed by atoms with Gasteiger partial charge in [-0.05, 0) is 12.1 Å². The van der Waals surface area contributed by atoms with Crippen molar-refractivity contribution in [1.82, 2.24) is 4.98 Å². The summed E-state index contributed by atoms with van der Waals surface area (Å²) < 4.78 is 5.30. The number of para-hydroxylation sites is 1. The highest BCUT2D eigenvalue weighted by molar-refractivity contribution is 5.44. The molecule has 104 valence electrons. The van der Waals surface area contributed by atoms with Crippen LogP contribution in [0, 0.1) is 10.1 Å². The maximum Gasteiger partial charge on any atom is 0.287 e. The number of methoxy groups -OCH3 is 1. The molecule has 0 N–H and O–H groups in total. The molecule has 0 aliphatic heterocycles. The number of ether oxygens (including phenoxy) is 1. The van der Waals surface area contributed by atoms with E-state index >= 15 is 0 Å². The summed E-state index contributed by atoms with van der Waals surface area (Å²) in [5.74, 6) is 1.47. The molecule has 0 atom stereocenters. The molecule has 0 spiro atoms. The Bertz CT molecular complexity index is 599. The highest BCUT2D eigenvalue weighted by atomic mass is 16.6. The molecule has 20 heavy (non-hydrogen) atoms. The van der Waals surface area contributed by atoms with E-state index in [1.165, 1.54) is 12.3 Å². The number of aromatic nitrogens is 1. The molecule has 6 nitrogen and oxygen atoms in total. The maximum absolute atomic E-state index is 10.6. The molecule has 0 amide bonds. The average Bonchev–Trinajstić information content (AvgIpc) is 2.48. The van der Waals surface area contributed by atoms with Gasteiger partial charge in [0.15, 0.2) is 0 Å². The molecule has 0 unspecified atom stereocenters. The van der Waals surface area contributed by atoms with E-state index < -0.39 is 4.92 Å². The second-order valence-corrected chi connectivity index (χ2v) is 4.30. The second kappa shape index (κ2) is 6.01. The summed E-state index contributed by atoms with van der Waals surface area (Å²) in [7, 11) is 3.50. The van der Waals surface area contributed by atoms with Gasteiger partial charge in [0.2, 0.25) is 0 Å². The molecular weight excluding hydrogens is 258 g/mol. The number of nitrogens with zero attached hydrogens (tertiary/aromatic N) is 3. The number of hydrogen-bond acceptors (Lipinski definition) is 5. The van der Waals surface area contributed by atoms with E-state index in [1.807, 2.05) is 36.2 Å². The van der Waals surface area contributed by atoms with Gasteiger partial charge in [-0.15, -0.1) is 0 Å². The fourth-order valence-electron chi connectivity index (χ4n) is 1.88. The van der Waals surface area contributed by atoms with Crippen molar-refractivity contribution in [1.29, 1.82) is 0 Å². The fraction of sp³-hybridized carbons (Fsp3) is 0.214. The smallest absolute Gasteiger partial charge is 0.287 e. The van der Waals surface area contributed by atoms with Gasteiger partial charge >= 0.3 is 0 Å². The van der Waals surface area contributed by atoms with Crippen molar-refractivity contribution in [3.63, 3.8) is 0 Å². The van der Waals surface area contributed by atoms with Crippen LogP contribution < -0.4 is 9.64 Å². The summed E-state index contributed by atoms with van der Waals surface area (Å²) in [5, 5.41) is 10.6. The van der Waals surface area contributed by atoms with E-state index in [2.05, 4.69) is 4.98 Å². The number of pyridine rings is 1. The van der Waals surface area contributed by atoms with Crippen LogP contribution >= 0.6 is 0 Å². The molecule has 0 saturated heterocycles. The van der Waals surface area contributed by atoms with E-state index in [-0.39, 0.29) is 5.69 Å². The first kappa shape index (κ1) is 13.8. The van der Waals surface area contributed by atoms with Crippen LogP contribution in [0.1, 0.15) is 5.56 Å². The predicted molar refractivity (Wildman–Crippen MR) is 76.0 cm³/mol. The van der Waals surface area contributed by atoms with Crippen LogP contribution in [0.15, 0.2) is 42.6 Å². The first-order valence-corrected chi connectivity index (χ1v) is 6.05. The lowest BCUT2D eigenvalue weighted by Gasteiger charge is -2.19. The zero-order valence-corrected chi connectivity index (χ0v) is 11.3. The van der Waals surface area contributed by atoms with Gasteiger partial charge in [-0.3, -0.25) is 10.1 Å². The van der Waals surface area contributed by atoms with Crippen LogP contribution in [0.5, 0.6) is 5.75 Å². The van der Waals surface area contributed by atoms with Gasteiger partial charge in [-0.2, -0.15) is 0 Å². The SMILES string of the molecule is COc1ccccc1CN(C)c1ccc([N+](=O)[O-])cn1. The molecule has 0 fully saturated rings. The molecule has 0 saturated carbocycles. The molecule has 2 aromatic rings. The molecule has 0 radical (unpaired) electrons. The highest BCUT2D eigenvalue weighted by Gasteiger charge is 2.10. The quantitative estimate of drug-likeness (QED) is 0.618. The van der Waals surface area contributed by atoms with Crippen molar-refractivity contribution >= 4 is 11.5 Å². The van der Waals surface area contributed by atoms with Crippen LogP contribution in [0.3, 0.4) is 0 Å². The predicted octanol–water partition coefficient (Wildman–Crippen LogP) is 2.63. The standard InChI is InChI=1S/C14H15N3O3/c1-16(10-11-5-3-4-6-13(11)20-2)14-8-7-12(9-15-14)17(18)19/h3-9H,10H2,1-2H3. The molecule has 0 bridgehead atoms. The van der Waals surface area contributed by atoms with Crippen molar-refractivity contribution in [2.24, 2.45) is 0 Å². The minimum atomic E-state index is -0.461. The summed E-state index contributed by atoms with van der Waals surface area (Å²) in [4.78, 5) is 16.1. The third-order valence-corrected chi connectivity index (χ3v) is 2.93. The zero-order chi connectivity index (χ0) is 14.5. The van der Waals surface area contributed by atoms with E-state index in [1.54, 1.807) is 13.2 Å². The van der Waals surface area contributed by atoms with E-state index in [9.17, 15) is 10.1 Å². The lowest BCUT2D eigenvalue weighted by atomic mass is 10.2. The van der Waals surface area contributed by atoms with Gasteiger partial charge in [0, 0.05) is 25.2 Å². The van der Waals surface area contributed by atoms with Gasteiger partial charge in [0.25, 0.3) is 5.69 Å². The average molecular weight is 273 g/mol. The monoisotopic (exact) mass is 273 g/mol. The van der Waals surface area contributed by atoms with Crippen LogP contribution in [-0.2, 0) is 6.54 Å². The normalized spacial score (nSPS) is 10.1. The van der Waals surface area contributed by atoms with E-state index in [0.29, 0.717) is 12.4 Å². The Labute approximate surface area is 116 Å². The second-order valence-electron chi connectivity index (χ2n) is 4.30. The number of anilines is 1. The summed E-state index contributed by atoms with van der Waals surface area (Å²) in [6, 6.07) is 10.8. The third kappa shape index (κ3) is 3.03. The number of hydrogen-bond donors (Lipinski definition) is 0. The molecule has 1 aromatic carbocycles.